The van der Waals surface area contributed by atoms with Crippen LogP contribution in [0.3, 0.4) is 0 Å². The van der Waals surface area contributed by atoms with Crippen molar-refractivity contribution in [2.75, 3.05) is 4.90 Å². The van der Waals surface area contributed by atoms with Crippen molar-refractivity contribution in [2.24, 2.45) is 0 Å². The highest BCUT2D eigenvalue weighted by atomic mass is 15.1. The van der Waals surface area contributed by atoms with Gasteiger partial charge in [0.25, 0.3) is 0 Å². The zero-order valence-corrected chi connectivity index (χ0v) is 37.5. The number of hydrogen-bond donors (Lipinski definition) is 0. The Kier molecular flexibility index (Phi) is 8.35. The van der Waals surface area contributed by atoms with Crippen LogP contribution in [0.4, 0.5) is 17.1 Å². The average molecular weight is 822 g/mol. The van der Waals surface area contributed by atoms with Crippen molar-refractivity contribution in [2.45, 2.75) is 57.8 Å². The molecule has 308 valence electrons. The predicted molar refractivity (Wildman–Crippen MR) is 270 cm³/mol. The van der Waals surface area contributed by atoms with E-state index in [1.807, 2.05) is 0 Å². The molecular formula is C63H51N. The van der Waals surface area contributed by atoms with E-state index >= 15 is 0 Å². The van der Waals surface area contributed by atoms with Crippen molar-refractivity contribution in [1.29, 1.82) is 0 Å². The van der Waals surface area contributed by atoms with Gasteiger partial charge < -0.3 is 4.90 Å². The minimum absolute atomic E-state index is 0.0531. The van der Waals surface area contributed by atoms with E-state index in [1.165, 1.54) is 100 Å². The van der Waals surface area contributed by atoms with E-state index in [9.17, 15) is 0 Å². The fourth-order valence-corrected chi connectivity index (χ4v) is 11.9. The first kappa shape index (κ1) is 38.5. The van der Waals surface area contributed by atoms with Gasteiger partial charge in [-0.2, -0.15) is 0 Å². The standard InChI is InChI=1S/C63H51N/c1-61(2)55-28-10-7-21-49(55)52-36-33-41(39-58(52)61)40-31-34-44(35-32-40)64(45-19-13-17-42(37-45)47-24-15-26-53-50-22-8-11-29-56(50)62(3,4)59(47)53)46-20-14-18-43(38-46)48-25-16-27-54-51-23-9-12-30-57(51)63(5,6)60(48)54/h7-39H,1-6H3. The molecule has 0 saturated heterocycles. The van der Waals surface area contributed by atoms with Crippen LogP contribution >= 0.6 is 0 Å². The summed E-state index contributed by atoms with van der Waals surface area (Å²) < 4.78 is 0. The molecule has 0 N–H and O–H groups in total. The van der Waals surface area contributed by atoms with Crippen molar-refractivity contribution in [3.05, 3.63) is 234 Å². The molecule has 64 heavy (non-hydrogen) atoms. The highest BCUT2D eigenvalue weighted by Gasteiger charge is 2.39. The first-order chi connectivity index (χ1) is 31.0. The van der Waals surface area contributed by atoms with Gasteiger partial charge in [0.15, 0.2) is 0 Å². The SMILES string of the molecule is CC1(C)c2ccccc2-c2ccc(-c3ccc(N(c4cccc(-c5cccc6c5C(C)(C)c5ccccc5-6)c4)c4cccc(-c5cccc6c5C(C)(C)c5ccccc5-6)c4)cc3)cc21. The molecule has 9 aromatic rings. The molecule has 9 aromatic carbocycles. The summed E-state index contributed by atoms with van der Waals surface area (Å²) in [6.45, 7) is 14.2. The summed E-state index contributed by atoms with van der Waals surface area (Å²) in [6, 6.07) is 75.1. The second-order valence-corrected chi connectivity index (χ2v) is 19.7. The topological polar surface area (TPSA) is 3.24 Å². The predicted octanol–water partition coefficient (Wildman–Crippen LogP) is 17.1. The third-order valence-electron chi connectivity index (χ3n) is 15.0. The Labute approximate surface area is 378 Å². The molecule has 0 aromatic heterocycles. The van der Waals surface area contributed by atoms with Crippen LogP contribution in [0.15, 0.2) is 200 Å². The molecule has 0 spiro atoms. The molecular weight excluding hydrogens is 771 g/mol. The van der Waals surface area contributed by atoms with Gasteiger partial charge >= 0.3 is 0 Å². The fourth-order valence-electron chi connectivity index (χ4n) is 11.9. The maximum Gasteiger partial charge on any atom is 0.0467 e. The Balaban J connectivity index is 0.992. The minimum atomic E-state index is -0.124. The Morgan fingerprint density at radius 3 is 1.16 bits per heavy atom. The van der Waals surface area contributed by atoms with Crippen LogP contribution < -0.4 is 4.90 Å². The summed E-state index contributed by atoms with van der Waals surface area (Å²) in [5, 5.41) is 0. The van der Waals surface area contributed by atoms with Gasteiger partial charge in [0.05, 0.1) is 0 Å². The fraction of sp³-hybridized carbons (Fsp3) is 0.143. The van der Waals surface area contributed by atoms with Crippen LogP contribution in [0.1, 0.15) is 74.9 Å². The van der Waals surface area contributed by atoms with E-state index in [1.54, 1.807) is 0 Å². The highest BCUT2D eigenvalue weighted by Crippen LogP contribution is 2.55. The van der Waals surface area contributed by atoms with Crippen LogP contribution in [0, 0.1) is 0 Å². The third kappa shape index (κ3) is 5.56. The molecule has 0 aliphatic heterocycles. The van der Waals surface area contributed by atoms with E-state index in [-0.39, 0.29) is 16.2 Å². The first-order valence-electron chi connectivity index (χ1n) is 22.8. The highest BCUT2D eigenvalue weighted by molar-refractivity contribution is 5.92. The van der Waals surface area contributed by atoms with E-state index in [0.717, 1.165) is 17.1 Å². The molecule has 0 fully saturated rings. The second-order valence-electron chi connectivity index (χ2n) is 19.7. The van der Waals surface area contributed by atoms with Gasteiger partial charge in [-0.3, -0.25) is 0 Å². The number of benzene rings is 9. The molecule has 1 nitrogen and oxygen atoms in total. The van der Waals surface area contributed by atoms with Gasteiger partial charge in [-0.05, 0) is 143 Å². The maximum atomic E-state index is 2.45. The molecule has 3 aliphatic rings. The summed E-state index contributed by atoms with van der Waals surface area (Å²) in [7, 11) is 0. The average Bonchev–Trinajstić information content (AvgIpc) is 3.82. The van der Waals surface area contributed by atoms with Gasteiger partial charge in [-0.15, -0.1) is 0 Å². The molecule has 0 radical (unpaired) electrons. The van der Waals surface area contributed by atoms with Gasteiger partial charge in [-0.1, -0.05) is 199 Å². The maximum absolute atomic E-state index is 2.45. The van der Waals surface area contributed by atoms with Crippen LogP contribution in [0.5, 0.6) is 0 Å². The number of rotatable bonds is 6. The normalized spacial score (nSPS) is 15.1. The Morgan fingerprint density at radius 1 is 0.250 bits per heavy atom. The van der Waals surface area contributed by atoms with Gasteiger partial charge in [0.1, 0.15) is 0 Å². The zero-order valence-electron chi connectivity index (χ0n) is 37.5. The summed E-state index contributed by atoms with van der Waals surface area (Å²) in [6.07, 6.45) is 0. The molecule has 0 bridgehead atoms. The first-order valence-corrected chi connectivity index (χ1v) is 22.8. The second kappa shape index (κ2) is 13.9. The van der Waals surface area contributed by atoms with Gasteiger partial charge in [0.2, 0.25) is 0 Å². The lowest BCUT2D eigenvalue weighted by Crippen LogP contribution is -2.16. The Hall–Kier alpha value is -7.22. The molecule has 0 atom stereocenters. The lowest BCUT2D eigenvalue weighted by atomic mass is 9.79. The monoisotopic (exact) mass is 821 g/mol. The van der Waals surface area contributed by atoms with E-state index < -0.39 is 0 Å². The molecule has 0 amide bonds. The van der Waals surface area contributed by atoms with E-state index in [0.29, 0.717) is 0 Å². The van der Waals surface area contributed by atoms with Crippen molar-refractivity contribution in [3.8, 4) is 66.8 Å². The van der Waals surface area contributed by atoms with Crippen LogP contribution in [-0.2, 0) is 16.2 Å². The lowest BCUT2D eigenvalue weighted by Gasteiger charge is -2.28. The number of hydrogen-bond acceptors (Lipinski definition) is 1. The molecule has 0 saturated carbocycles. The minimum Gasteiger partial charge on any atom is -0.310 e. The summed E-state index contributed by atoms with van der Waals surface area (Å²) >= 11 is 0. The molecule has 1 heteroatoms. The van der Waals surface area contributed by atoms with E-state index in [4.69, 9.17) is 0 Å². The zero-order chi connectivity index (χ0) is 43.5. The largest absolute Gasteiger partial charge is 0.310 e. The molecule has 3 aliphatic carbocycles. The van der Waals surface area contributed by atoms with Crippen LogP contribution in [0.25, 0.3) is 66.8 Å². The molecule has 12 rings (SSSR count). The third-order valence-corrected chi connectivity index (χ3v) is 15.0. The smallest absolute Gasteiger partial charge is 0.0467 e. The van der Waals surface area contributed by atoms with Gasteiger partial charge in [0, 0.05) is 33.3 Å². The van der Waals surface area contributed by atoms with E-state index in [2.05, 4.69) is 247 Å². The lowest BCUT2D eigenvalue weighted by molar-refractivity contribution is 0.660. The Bertz CT molecular complexity index is 3210. The van der Waals surface area contributed by atoms with Crippen LogP contribution in [0.2, 0.25) is 0 Å². The number of anilines is 3. The van der Waals surface area contributed by atoms with Gasteiger partial charge in [-0.25, -0.2) is 0 Å². The Morgan fingerprint density at radius 2 is 0.641 bits per heavy atom. The quantitative estimate of drug-likeness (QED) is 0.161. The summed E-state index contributed by atoms with van der Waals surface area (Å²) in [4.78, 5) is 2.45. The molecule has 0 heterocycles. The van der Waals surface area contributed by atoms with Crippen LogP contribution in [-0.4, -0.2) is 0 Å². The van der Waals surface area contributed by atoms with Crippen molar-refractivity contribution >= 4 is 17.1 Å². The number of fused-ring (bicyclic) bond motifs is 9. The number of nitrogens with zero attached hydrogens (tertiary/aromatic N) is 1. The van der Waals surface area contributed by atoms with Crippen molar-refractivity contribution in [3.63, 3.8) is 0 Å². The summed E-state index contributed by atoms with van der Waals surface area (Å²) in [5.41, 5.74) is 26.9. The summed E-state index contributed by atoms with van der Waals surface area (Å²) in [5.74, 6) is 0. The molecule has 0 unspecified atom stereocenters. The van der Waals surface area contributed by atoms with Crippen molar-refractivity contribution < 1.29 is 0 Å². The van der Waals surface area contributed by atoms with Crippen molar-refractivity contribution in [1.82, 2.24) is 0 Å².